The number of hydrogen-bond donors (Lipinski definition) is 1. The van der Waals surface area contributed by atoms with E-state index in [4.69, 9.17) is 16.1 Å². The molecule has 0 saturated heterocycles. The largest absolute Gasteiger partial charge is 0.360 e. The summed E-state index contributed by atoms with van der Waals surface area (Å²) in [4.78, 5) is 4.37. The number of halogens is 1. The minimum absolute atomic E-state index is 0.551. The summed E-state index contributed by atoms with van der Waals surface area (Å²) in [6.07, 6.45) is 0. The Kier molecular flexibility index (Phi) is 4.91. The quantitative estimate of drug-likeness (QED) is 0.672. The van der Waals surface area contributed by atoms with Crippen LogP contribution in [0.15, 0.2) is 33.1 Å². The topological polar surface area (TPSA) is 76.7 Å². The molecular formula is C13H12ClN5OS2. The average Bonchev–Trinajstić information content (AvgIpc) is 3.16. The van der Waals surface area contributed by atoms with Crippen LogP contribution in [0.2, 0.25) is 5.02 Å². The van der Waals surface area contributed by atoms with E-state index in [2.05, 4.69) is 25.7 Å². The summed E-state index contributed by atoms with van der Waals surface area (Å²) in [7, 11) is 0. The van der Waals surface area contributed by atoms with Crippen LogP contribution in [-0.4, -0.2) is 26.9 Å². The van der Waals surface area contributed by atoms with E-state index < -0.39 is 0 Å². The molecule has 0 radical (unpaired) electrons. The van der Waals surface area contributed by atoms with Gasteiger partial charge in [0, 0.05) is 17.1 Å². The van der Waals surface area contributed by atoms with Crippen LogP contribution in [-0.2, 0) is 5.75 Å². The van der Waals surface area contributed by atoms with Crippen molar-refractivity contribution >= 4 is 39.8 Å². The van der Waals surface area contributed by atoms with E-state index in [0.717, 1.165) is 21.6 Å². The van der Waals surface area contributed by atoms with E-state index >= 15 is 0 Å². The highest BCUT2D eigenvalue weighted by Crippen LogP contribution is 2.28. The number of rotatable bonds is 6. The maximum absolute atomic E-state index is 5.86. The normalized spacial score (nSPS) is 10.8. The van der Waals surface area contributed by atoms with Crippen molar-refractivity contribution in [2.45, 2.75) is 17.0 Å². The van der Waals surface area contributed by atoms with E-state index in [0.29, 0.717) is 22.5 Å². The Bertz CT molecular complexity index is 743. The summed E-state index contributed by atoms with van der Waals surface area (Å²) < 4.78 is 6.11. The Morgan fingerprint density at radius 1 is 1.27 bits per heavy atom. The summed E-state index contributed by atoms with van der Waals surface area (Å²) in [5.41, 5.74) is 0.870. The van der Waals surface area contributed by atoms with E-state index in [-0.39, 0.29) is 0 Å². The van der Waals surface area contributed by atoms with Crippen molar-refractivity contribution in [1.29, 1.82) is 0 Å². The van der Waals surface area contributed by atoms with Crippen molar-refractivity contribution in [2.24, 2.45) is 0 Å². The molecule has 0 aliphatic rings. The lowest BCUT2D eigenvalue weighted by atomic mass is 10.2. The SMILES string of the molecule is CCNc1nnc(SCc2nc(-c3ccc(Cl)cc3)no2)s1. The van der Waals surface area contributed by atoms with Crippen molar-refractivity contribution in [2.75, 3.05) is 11.9 Å². The number of hydrogen-bond acceptors (Lipinski definition) is 8. The summed E-state index contributed by atoms with van der Waals surface area (Å²) in [5.74, 6) is 1.66. The molecule has 1 N–H and O–H groups in total. The van der Waals surface area contributed by atoms with Gasteiger partial charge in [-0.2, -0.15) is 4.98 Å². The van der Waals surface area contributed by atoms with Crippen molar-refractivity contribution < 1.29 is 4.52 Å². The fourth-order valence-electron chi connectivity index (χ4n) is 1.64. The third kappa shape index (κ3) is 3.76. The fraction of sp³-hybridized carbons (Fsp3) is 0.231. The van der Waals surface area contributed by atoms with Gasteiger partial charge in [0.1, 0.15) is 0 Å². The van der Waals surface area contributed by atoms with Crippen LogP contribution in [0.1, 0.15) is 12.8 Å². The number of benzene rings is 1. The number of nitrogens with zero attached hydrogens (tertiary/aromatic N) is 4. The monoisotopic (exact) mass is 353 g/mol. The second kappa shape index (κ2) is 7.08. The van der Waals surface area contributed by atoms with Gasteiger partial charge in [0.05, 0.1) is 5.75 Å². The Hall–Kier alpha value is -1.64. The molecule has 2 aromatic heterocycles. The van der Waals surface area contributed by atoms with Crippen molar-refractivity contribution in [3.05, 3.63) is 35.2 Å². The number of thioether (sulfide) groups is 1. The lowest BCUT2D eigenvalue weighted by molar-refractivity contribution is 0.391. The maximum Gasteiger partial charge on any atom is 0.237 e. The minimum Gasteiger partial charge on any atom is -0.360 e. The molecule has 0 saturated carbocycles. The Morgan fingerprint density at radius 3 is 2.86 bits per heavy atom. The zero-order valence-corrected chi connectivity index (χ0v) is 14.0. The summed E-state index contributed by atoms with van der Waals surface area (Å²) in [6, 6.07) is 7.31. The van der Waals surface area contributed by atoms with E-state index in [1.165, 1.54) is 23.1 Å². The molecule has 9 heteroatoms. The van der Waals surface area contributed by atoms with Gasteiger partial charge in [-0.05, 0) is 31.2 Å². The molecule has 0 aliphatic carbocycles. The predicted molar refractivity (Wildman–Crippen MR) is 88.4 cm³/mol. The molecule has 3 rings (SSSR count). The molecule has 6 nitrogen and oxygen atoms in total. The van der Waals surface area contributed by atoms with Crippen LogP contribution in [0, 0.1) is 0 Å². The van der Waals surface area contributed by atoms with Crippen molar-refractivity contribution in [3.8, 4) is 11.4 Å². The number of nitrogens with one attached hydrogen (secondary N) is 1. The van der Waals surface area contributed by atoms with Gasteiger partial charge in [-0.1, -0.05) is 39.9 Å². The average molecular weight is 354 g/mol. The first kappa shape index (κ1) is 15.3. The summed E-state index contributed by atoms with van der Waals surface area (Å²) >= 11 is 8.89. The minimum atomic E-state index is 0.551. The zero-order chi connectivity index (χ0) is 15.4. The molecule has 0 aliphatic heterocycles. The molecule has 114 valence electrons. The van der Waals surface area contributed by atoms with Crippen LogP contribution in [0.3, 0.4) is 0 Å². The van der Waals surface area contributed by atoms with Crippen LogP contribution in [0.5, 0.6) is 0 Å². The first-order valence-electron chi connectivity index (χ1n) is 6.53. The molecular weight excluding hydrogens is 342 g/mol. The first-order valence-corrected chi connectivity index (χ1v) is 8.71. The summed E-state index contributed by atoms with van der Waals surface area (Å²) in [6.45, 7) is 2.85. The fourth-order valence-corrected chi connectivity index (χ4v) is 3.43. The lowest BCUT2D eigenvalue weighted by Crippen LogP contribution is -1.94. The van der Waals surface area contributed by atoms with Crippen molar-refractivity contribution in [3.63, 3.8) is 0 Å². The van der Waals surface area contributed by atoms with E-state index in [1.807, 2.05) is 19.1 Å². The van der Waals surface area contributed by atoms with Crippen LogP contribution in [0.4, 0.5) is 5.13 Å². The van der Waals surface area contributed by atoms with E-state index in [9.17, 15) is 0 Å². The molecule has 0 atom stereocenters. The van der Waals surface area contributed by atoms with Gasteiger partial charge in [0.15, 0.2) is 4.34 Å². The van der Waals surface area contributed by atoms with Gasteiger partial charge in [0.25, 0.3) is 0 Å². The van der Waals surface area contributed by atoms with Gasteiger partial charge < -0.3 is 9.84 Å². The molecule has 3 aromatic rings. The van der Waals surface area contributed by atoms with Gasteiger partial charge in [0.2, 0.25) is 16.8 Å². The molecule has 0 bridgehead atoms. The van der Waals surface area contributed by atoms with Gasteiger partial charge in [-0.3, -0.25) is 0 Å². The maximum atomic E-state index is 5.86. The van der Waals surface area contributed by atoms with Crippen LogP contribution >= 0.6 is 34.7 Å². The first-order chi connectivity index (χ1) is 10.7. The third-order valence-corrected chi connectivity index (χ3v) is 4.88. The second-order valence-electron chi connectivity index (χ2n) is 4.21. The Balaban J connectivity index is 1.62. The molecule has 22 heavy (non-hydrogen) atoms. The van der Waals surface area contributed by atoms with E-state index in [1.54, 1.807) is 12.1 Å². The smallest absolute Gasteiger partial charge is 0.237 e. The third-order valence-electron chi connectivity index (χ3n) is 2.62. The number of aromatic nitrogens is 4. The zero-order valence-electron chi connectivity index (χ0n) is 11.6. The highest BCUT2D eigenvalue weighted by Gasteiger charge is 2.11. The molecule has 0 amide bonds. The van der Waals surface area contributed by atoms with Gasteiger partial charge >= 0.3 is 0 Å². The second-order valence-corrected chi connectivity index (χ2v) is 6.85. The van der Waals surface area contributed by atoms with Crippen molar-refractivity contribution in [1.82, 2.24) is 20.3 Å². The predicted octanol–water partition coefficient (Wildman–Crippen LogP) is 3.97. The molecule has 1 aromatic carbocycles. The number of anilines is 1. The molecule has 2 heterocycles. The Labute approximate surface area is 140 Å². The van der Waals surface area contributed by atoms with Gasteiger partial charge in [-0.25, -0.2) is 0 Å². The molecule has 0 spiro atoms. The van der Waals surface area contributed by atoms with Crippen LogP contribution in [0.25, 0.3) is 11.4 Å². The van der Waals surface area contributed by atoms with Gasteiger partial charge in [-0.15, -0.1) is 10.2 Å². The molecule has 0 fully saturated rings. The van der Waals surface area contributed by atoms with Crippen LogP contribution < -0.4 is 5.32 Å². The molecule has 0 unspecified atom stereocenters. The summed E-state index contributed by atoms with van der Waals surface area (Å²) in [5, 5.41) is 16.7. The lowest BCUT2D eigenvalue weighted by Gasteiger charge is -1.93. The highest BCUT2D eigenvalue weighted by molar-refractivity contribution is 8.00. The Morgan fingerprint density at radius 2 is 2.09 bits per heavy atom. The standard InChI is InChI=1S/C13H12ClN5OS2/c1-2-15-12-17-18-13(22-12)21-7-10-16-11(19-20-10)8-3-5-9(14)6-4-8/h3-6H,2,7H2,1H3,(H,15,17). The highest BCUT2D eigenvalue weighted by atomic mass is 35.5.